The van der Waals surface area contributed by atoms with E-state index in [-0.39, 0.29) is 0 Å². The van der Waals surface area contributed by atoms with Crippen LogP contribution in [0, 0.1) is 11.3 Å². The highest BCUT2D eigenvalue weighted by molar-refractivity contribution is 9.11. The molecule has 2 nitrogen and oxygen atoms in total. The van der Waals surface area contributed by atoms with Crippen LogP contribution in [0.25, 0.3) is 0 Å². The molecule has 1 saturated carbocycles. The fraction of sp³-hybridized carbons (Fsp3) is 0.647. The number of ether oxygens (including phenoxy) is 2. The summed E-state index contributed by atoms with van der Waals surface area (Å²) in [7, 11) is 3.35. The number of methoxy groups -OCH3 is 2. The van der Waals surface area contributed by atoms with E-state index in [2.05, 4.69) is 51.8 Å². The molecular formula is C17H24Br2O2. The average molecular weight is 420 g/mol. The standard InChI is InChI=1S/C17H24Br2O2/c1-17(2)8-6-5-7-12(17)16(19)11-9-14(20-3)15(21-4)10-13(11)18/h9-10,12,16H,5-8H2,1-4H3. The summed E-state index contributed by atoms with van der Waals surface area (Å²) in [5, 5.41) is 0. The van der Waals surface area contributed by atoms with Gasteiger partial charge in [0.15, 0.2) is 11.5 Å². The summed E-state index contributed by atoms with van der Waals surface area (Å²) in [6.07, 6.45) is 5.23. The summed E-state index contributed by atoms with van der Waals surface area (Å²) >= 11 is 7.65. The summed E-state index contributed by atoms with van der Waals surface area (Å²) in [5.41, 5.74) is 1.60. The number of alkyl halides is 1. The van der Waals surface area contributed by atoms with Crippen molar-refractivity contribution in [2.24, 2.45) is 11.3 Å². The second-order valence-corrected chi connectivity index (χ2v) is 8.31. The molecule has 0 radical (unpaired) electrons. The van der Waals surface area contributed by atoms with Gasteiger partial charge in [-0.2, -0.15) is 0 Å². The fourth-order valence-corrected chi connectivity index (χ4v) is 5.60. The van der Waals surface area contributed by atoms with Crippen LogP contribution in [-0.2, 0) is 0 Å². The first kappa shape index (κ1) is 17.1. The van der Waals surface area contributed by atoms with Crippen LogP contribution in [0.5, 0.6) is 11.5 Å². The van der Waals surface area contributed by atoms with Crippen LogP contribution in [0.3, 0.4) is 0 Å². The second kappa shape index (κ2) is 6.91. The first-order valence-corrected chi connectivity index (χ1v) is 9.17. The number of benzene rings is 1. The van der Waals surface area contributed by atoms with Crippen molar-refractivity contribution in [2.75, 3.05) is 14.2 Å². The van der Waals surface area contributed by atoms with Crippen LogP contribution in [0.15, 0.2) is 16.6 Å². The van der Waals surface area contributed by atoms with Gasteiger partial charge in [0, 0.05) is 9.30 Å². The zero-order valence-electron chi connectivity index (χ0n) is 13.2. The van der Waals surface area contributed by atoms with Gasteiger partial charge in [0.25, 0.3) is 0 Å². The minimum Gasteiger partial charge on any atom is -0.493 e. The third kappa shape index (κ3) is 3.58. The number of hydrogen-bond acceptors (Lipinski definition) is 2. The third-order valence-electron chi connectivity index (χ3n) is 4.74. The molecule has 118 valence electrons. The van der Waals surface area contributed by atoms with E-state index in [0.29, 0.717) is 16.2 Å². The highest BCUT2D eigenvalue weighted by atomic mass is 79.9. The summed E-state index contributed by atoms with van der Waals surface area (Å²) in [4.78, 5) is 0.321. The van der Waals surface area contributed by atoms with E-state index < -0.39 is 0 Å². The van der Waals surface area contributed by atoms with Gasteiger partial charge in [-0.3, -0.25) is 0 Å². The van der Waals surface area contributed by atoms with Crippen LogP contribution in [-0.4, -0.2) is 14.2 Å². The Morgan fingerprint density at radius 3 is 2.33 bits per heavy atom. The predicted octanol–water partition coefficient (Wildman–Crippen LogP) is 6.12. The number of halogens is 2. The van der Waals surface area contributed by atoms with E-state index in [1.165, 1.54) is 31.2 Å². The molecule has 1 fully saturated rings. The zero-order valence-corrected chi connectivity index (χ0v) is 16.4. The molecule has 1 aromatic carbocycles. The van der Waals surface area contributed by atoms with Crippen LogP contribution in [0.4, 0.5) is 0 Å². The van der Waals surface area contributed by atoms with E-state index in [0.717, 1.165) is 16.0 Å². The lowest BCUT2D eigenvalue weighted by atomic mass is 9.67. The smallest absolute Gasteiger partial charge is 0.161 e. The highest BCUT2D eigenvalue weighted by Crippen LogP contribution is 2.52. The molecule has 2 rings (SSSR count). The van der Waals surface area contributed by atoms with Crippen molar-refractivity contribution < 1.29 is 9.47 Å². The molecule has 0 spiro atoms. The van der Waals surface area contributed by atoms with Gasteiger partial charge in [0.1, 0.15) is 0 Å². The molecule has 1 aliphatic rings. The molecule has 2 atom stereocenters. The molecule has 0 saturated heterocycles. The second-order valence-electron chi connectivity index (χ2n) is 6.47. The van der Waals surface area contributed by atoms with Crippen LogP contribution >= 0.6 is 31.9 Å². The Bertz CT molecular complexity index is 500. The van der Waals surface area contributed by atoms with Gasteiger partial charge in [-0.05, 0) is 41.9 Å². The first-order valence-electron chi connectivity index (χ1n) is 7.46. The van der Waals surface area contributed by atoms with E-state index in [4.69, 9.17) is 9.47 Å². The van der Waals surface area contributed by atoms with Crippen molar-refractivity contribution in [1.29, 1.82) is 0 Å². The monoisotopic (exact) mass is 418 g/mol. The Morgan fingerprint density at radius 2 is 1.76 bits per heavy atom. The van der Waals surface area contributed by atoms with Gasteiger partial charge >= 0.3 is 0 Å². The largest absolute Gasteiger partial charge is 0.493 e. The van der Waals surface area contributed by atoms with Gasteiger partial charge in [0.05, 0.1) is 14.2 Å². The SMILES string of the molecule is COc1cc(Br)c(C(Br)C2CCCCC2(C)C)cc1OC. The Morgan fingerprint density at radius 1 is 1.14 bits per heavy atom. The number of hydrogen-bond donors (Lipinski definition) is 0. The van der Waals surface area contributed by atoms with E-state index in [9.17, 15) is 0 Å². The summed E-state index contributed by atoms with van der Waals surface area (Å²) in [5.74, 6) is 2.17. The minimum absolute atomic E-state index is 0.321. The molecule has 1 aromatic rings. The maximum absolute atomic E-state index is 5.45. The molecule has 0 aliphatic heterocycles. The molecule has 0 bridgehead atoms. The van der Waals surface area contributed by atoms with Crippen molar-refractivity contribution >= 4 is 31.9 Å². The number of rotatable bonds is 4. The van der Waals surface area contributed by atoms with E-state index in [1.54, 1.807) is 14.2 Å². The third-order valence-corrected chi connectivity index (χ3v) is 6.56. The van der Waals surface area contributed by atoms with Crippen molar-refractivity contribution in [3.8, 4) is 11.5 Å². The molecule has 0 aromatic heterocycles. The summed E-state index contributed by atoms with van der Waals surface area (Å²) in [6.45, 7) is 4.78. The Kier molecular flexibility index (Phi) is 5.64. The summed E-state index contributed by atoms with van der Waals surface area (Å²) < 4.78 is 11.9. The minimum atomic E-state index is 0.321. The maximum atomic E-state index is 5.45. The molecule has 0 amide bonds. The maximum Gasteiger partial charge on any atom is 0.161 e. The van der Waals surface area contributed by atoms with Crippen molar-refractivity contribution in [1.82, 2.24) is 0 Å². The lowest BCUT2D eigenvalue weighted by Crippen LogP contribution is -2.30. The lowest BCUT2D eigenvalue weighted by Gasteiger charge is -2.41. The zero-order chi connectivity index (χ0) is 15.6. The molecule has 0 heterocycles. The van der Waals surface area contributed by atoms with Gasteiger partial charge in [-0.25, -0.2) is 0 Å². The molecule has 4 heteroatoms. The van der Waals surface area contributed by atoms with E-state index >= 15 is 0 Å². The van der Waals surface area contributed by atoms with Crippen molar-refractivity contribution in [3.63, 3.8) is 0 Å². The average Bonchev–Trinajstić information content (AvgIpc) is 2.45. The summed E-state index contributed by atoms with van der Waals surface area (Å²) in [6, 6.07) is 4.09. The quantitative estimate of drug-likeness (QED) is 0.547. The van der Waals surface area contributed by atoms with Gasteiger partial charge in [-0.1, -0.05) is 58.5 Å². The normalized spacial score (nSPS) is 22.7. The molecule has 0 N–H and O–H groups in total. The predicted molar refractivity (Wildman–Crippen MR) is 94.7 cm³/mol. The Labute approximate surface area is 144 Å². The molecule has 2 unspecified atom stereocenters. The molecule has 21 heavy (non-hydrogen) atoms. The van der Waals surface area contributed by atoms with Crippen molar-refractivity contribution in [3.05, 3.63) is 22.2 Å². The molecular weight excluding hydrogens is 396 g/mol. The van der Waals surface area contributed by atoms with Gasteiger partial charge in [-0.15, -0.1) is 0 Å². The Balaban J connectivity index is 2.36. The van der Waals surface area contributed by atoms with Gasteiger partial charge in [0.2, 0.25) is 0 Å². The van der Waals surface area contributed by atoms with E-state index in [1.807, 2.05) is 6.07 Å². The van der Waals surface area contributed by atoms with Crippen molar-refractivity contribution in [2.45, 2.75) is 44.4 Å². The van der Waals surface area contributed by atoms with Crippen LogP contribution in [0.2, 0.25) is 0 Å². The fourth-order valence-electron chi connectivity index (χ4n) is 3.36. The highest BCUT2D eigenvalue weighted by Gasteiger charge is 2.38. The molecule has 1 aliphatic carbocycles. The van der Waals surface area contributed by atoms with Crippen LogP contribution in [0.1, 0.15) is 49.9 Å². The Hall–Kier alpha value is -0.220. The van der Waals surface area contributed by atoms with Gasteiger partial charge < -0.3 is 9.47 Å². The topological polar surface area (TPSA) is 18.5 Å². The van der Waals surface area contributed by atoms with Crippen LogP contribution < -0.4 is 9.47 Å². The first-order chi connectivity index (χ1) is 9.90. The lowest BCUT2D eigenvalue weighted by molar-refractivity contribution is 0.136.